The molecule has 1 unspecified atom stereocenters. The summed E-state index contributed by atoms with van der Waals surface area (Å²) >= 11 is 0. The van der Waals surface area contributed by atoms with Gasteiger partial charge in [-0.25, -0.2) is 13.6 Å². The third kappa shape index (κ3) is 4.80. The van der Waals surface area contributed by atoms with E-state index in [9.17, 15) is 9.50 Å². The van der Waals surface area contributed by atoms with Gasteiger partial charge in [-0.1, -0.05) is 11.1 Å². The summed E-state index contributed by atoms with van der Waals surface area (Å²) in [6.45, 7) is 8.17. The number of piperidine rings is 1. The lowest BCUT2D eigenvalue weighted by Crippen LogP contribution is -2.39. The molecule has 1 aliphatic heterocycles. The first kappa shape index (κ1) is 24.9. The molecule has 5 rings (SSSR count). The van der Waals surface area contributed by atoms with Crippen molar-refractivity contribution in [3.63, 3.8) is 0 Å². The van der Waals surface area contributed by atoms with E-state index in [1.165, 1.54) is 12.1 Å². The monoisotopic (exact) mass is 503 g/mol. The minimum Gasteiger partial charge on any atom is -0.479 e. The standard InChI is InChI=1S/C27H30FN7O2/c1-5-19-13-30-34-15-20(12-24(27(19)34)37-25(16-36)23-7-6-21(28)14-29-23)26-18(4)35(32-31-26)22-8-10-33(11-9-22)17(2)3/h1,6-7,12-15,17,22,25,36H,8-11,16H2,2-4H3. The molecule has 5 heterocycles. The Labute approximate surface area is 214 Å². The summed E-state index contributed by atoms with van der Waals surface area (Å²) in [7, 11) is 0. The topological polar surface area (TPSA) is 93.6 Å². The third-order valence-electron chi connectivity index (χ3n) is 7.02. The normalized spacial score (nSPS) is 15.8. The van der Waals surface area contributed by atoms with Gasteiger partial charge in [0.2, 0.25) is 0 Å². The zero-order chi connectivity index (χ0) is 26.1. The number of halogens is 1. The van der Waals surface area contributed by atoms with E-state index >= 15 is 0 Å². The van der Waals surface area contributed by atoms with Crippen molar-refractivity contribution in [2.75, 3.05) is 19.7 Å². The van der Waals surface area contributed by atoms with Crippen LogP contribution in [0.5, 0.6) is 5.75 Å². The lowest BCUT2D eigenvalue weighted by molar-refractivity contribution is 0.114. The van der Waals surface area contributed by atoms with Crippen molar-refractivity contribution >= 4 is 5.52 Å². The second-order valence-electron chi connectivity index (χ2n) is 9.61. The van der Waals surface area contributed by atoms with Crippen LogP contribution in [-0.4, -0.2) is 65.3 Å². The molecule has 0 radical (unpaired) electrons. The Balaban J connectivity index is 1.50. The first-order valence-electron chi connectivity index (χ1n) is 12.4. The van der Waals surface area contributed by atoms with Gasteiger partial charge in [-0.15, -0.1) is 11.5 Å². The van der Waals surface area contributed by atoms with Gasteiger partial charge in [-0.2, -0.15) is 5.10 Å². The van der Waals surface area contributed by atoms with Crippen LogP contribution in [-0.2, 0) is 0 Å². The average molecular weight is 504 g/mol. The van der Waals surface area contributed by atoms with Crippen LogP contribution in [0.1, 0.15) is 55.8 Å². The highest BCUT2D eigenvalue weighted by Crippen LogP contribution is 2.34. The number of likely N-dealkylation sites (tertiary alicyclic amines) is 1. The summed E-state index contributed by atoms with van der Waals surface area (Å²) in [5, 5.41) is 23.5. The molecular weight excluding hydrogens is 473 g/mol. The molecular formula is C27H30FN7O2. The number of ether oxygens (including phenoxy) is 1. The molecule has 1 fully saturated rings. The Kier molecular flexibility index (Phi) is 6.91. The van der Waals surface area contributed by atoms with Gasteiger partial charge in [0.1, 0.15) is 22.8 Å². The van der Waals surface area contributed by atoms with Crippen LogP contribution >= 0.6 is 0 Å². The van der Waals surface area contributed by atoms with E-state index in [-0.39, 0.29) is 12.6 Å². The van der Waals surface area contributed by atoms with Gasteiger partial charge >= 0.3 is 0 Å². The maximum absolute atomic E-state index is 13.4. The van der Waals surface area contributed by atoms with Gasteiger partial charge in [0, 0.05) is 30.9 Å². The predicted octanol–water partition coefficient (Wildman–Crippen LogP) is 3.57. The number of nitrogens with zero attached hydrogens (tertiary/aromatic N) is 7. The summed E-state index contributed by atoms with van der Waals surface area (Å²) in [5.74, 6) is 2.57. The fourth-order valence-electron chi connectivity index (χ4n) is 4.93. The summed E-state index contributed by atoms with van der Waals surface area (Å²) in [5.41, 5.74) is 3.94. The number of rotatable bonds is 7. The molecule has 4 aromatic rings. The first-order valence-corrected chi connectivity index (χ1v) is 12.4. The summed E-state index contributed by atoms with van der Waals surface area (Å²) < 4.78 is 23.3. The van der Waals surface area contributed by atoms with Crippen molar-refractivity contribution in [3.05, 3.63) is 59.6 Å². The van der Waals surface area contributed by atoms with Crippen LogP contribution in [0.4, 0.5) is 4.39 Å². The fourth-order valence-corrected chi connectivity index (χ4v) is 4.93. The zero-order valence-corrected chi connectivity index (χ0v) is 21.2. The van der Waals surface area contributed by atoms with E-state index in [1.807, 2.05) is 23.9 Å². The molecule has 1 atom stereocenters. The van der Waals surface area contributed by atoms with Crippen LogP contribution in [0.25, 0.3) is 16.8 Å². The molecule has 1 aliphatic rings. The molecule has 0 amide bonds. The number of aliphatic hydroxyl groups is 1. The smallest absolute Gasteiger partial charge is 0.163 e. The Hall–Kier alpha value is -3.81. The van der Waals surface area contributed by atoms with Crippen LogP contribution in [0.2, 0.25) is 0 Å². The van der Waals surface area contributed by atoms with Crippen molar-refractivity contribution < 1.29 is 14.2 Å². The van der Waals surface area contributed by atoms with Crippen LogP contribution < -0.4 is 4.74 Å². The molecule has 10 heteroatoms. The first-order chi connectivity index (χ1) is 17.9. The molecule has 192 valence electrons. The fraction of sp³-hybridized carbons (Fsp3) is 0.407. The molecule has 4 aromatic heterocycles. The lowest BCUT2D eigenvalue weighted by atomic mass is 10.0. The van der Waals surface area contributed by atoms with Crippen LogP contribution in [0, 0.1) is 25.1 Å². The minimum absolute atomic E-state index is 0.289. The Bertz CT molecular complexity index is 1430. The lowest BCUT2D eigenvalue weighted by Gasteiger charge is -2.34. The van der Waals surface area contributed by atoms with Crippen molar-refractivity contribution in [2.24, 2.45) is 0 Å². The minimum atomic E-state index is -0.830. The largest absolute Gasteiger partial charge is 0.479 e. The zero-order valence-electron chi connectivity index (χ0n) is 21.2. The molecule has 1 saturated heterocycles. The van der Waals surface area contributed by atoms with E-state index in [2.05, 4.69) is 45.1 Å². The maximum Gasteiger partial charge on any atom is 0.163 e. The Morgan fingerprint density at radius 1 is 1.24 bits per heavy atom. The molecule has 0 aromatic carbocycles. The number of fused-ring (bicyclic) bond motifs is 1. The van der Waals surface area contributed by atoms with E-state index in [4.69, 9.17) is 11.2 Å². The van der Waals surface area contributed by atoms with E-state index < -0.39 is 11.9 Å². The third-order valence-corrected chi connectivity index (χ3v) is 7.02. The van der Waals surface area contributed by atoms with Crippen LogP contribution in [0.3, 0.4) is 0 Å². The van der Waals surface area contributed by atoms with E-state index in [1.54, 1.807) is 10.7 Å². The molecule has 0 bridgehead atoms. The average Bonchev–Trinajstić information content (AvgIpc) is 3.51. The summed E-state index contributed by atoms with van der Waals surface area (Å²) in [4.78, 5) is 6.55. The molecule has 0 spiro atoms. The second-order valence-corrected chi connectivity index (χ2v) is 9.61. The number of hydrogen-bond donors (Lipinski definition) is 1. The SMILES string of the molecule is C#Cc1cnn2cc(-c3nnn(C4CCN(C(C)C)CC4)c3C)cc(OC(CO)c3ccc(F)cn3)c12. The van der Waals surface area contributed by atoms with Crippen LogP contribution in [0.15, 0.2) is 36.8 Å². The van der Waals surface area contributed by atoms with Gasteiger partial charge in [-0.3, -0.25) is 4.98 Å². The Morgan fingerprint density at radius 3 is 2.68 bits per heavy atom. The van der Waals surface area contributed by atoms with Gasteiger partial charge in [0.15, 0.2) is 6.10 Å². The molecule has 0 aliphatic carbocycles. The van der Waals surface area contributed by atoms with Crippen molar-refractivity contribution in [1.29, 1.82) is 0 Å². The van der Waals surface area contributed by atoms with Gasteiger partial charge in [-0.05, 0) is 51.8 Å². The summed E-state index contributed by atoms with van der Waals surface area (Å²) in [6, 6.07) is 5.41. The number of pyridine rings is 2. The Morgan fingerprint density at radius 2 is 2.03 bits per heavy atom. The number of terminal acetylenes is 1. The number of hydrogen-bond acceptors (Lipinski definition) is 7. The quantitative estimate of drug-likeness (QED) is 0.386. The molecule has 9 nitrogen and oxygen atoms in total. The highest BCUT2D eigenvalue weighted by molar-refractivity contribution is 5.75. The second kappa shape index (κ2) is 10.3. The number of aromatic nitrogens is 6. The van der Waals surface area contributed by atoms with Gasteiger partial charge < -0.3 is 14.7 Å². The molecule has 0 saturated carbocycles. The van der Waals surface area contributed by atoms with Gasteiger partial charge in [0.05, 0.1) is 42.0 Å². The highest BCUT2D eigenvalue weighted by atomic mass is 19.1. The van der Waals surface area contributed by atoms with Crippen molar-refractivity contribution in [2.45, 2.75) is 51.8 Å². The van der Waals surface area contributed by atoms with Crippen molar-refractivity contribution in [3.8, 4) is 29.4 Å². The van der Waals surface area contributed by atoms with E-state index in [0.717, 1.165) is 49.1 Å². The van der Waals surface area contributed by atoms with Gasteiger partial charge in [0.25, 0.3) is 0 Å². The summed E-state index contributed by atoms with van der Waals surface area (Å²) in [6.07, 6.45) is 11.4. The maximum atomic E-state index is 13.4. The molecule has 1 N–H and O–H groups in total. The highest BCUT2D eigenvalue weighted by Gasteiger charge is 2.26. The predicted molar refractivity (Wildman–Crippen MR) is 137 cm³/mol. The van der Waals surface area contributed by atoms with Crippen molar-refractivity contribution in [1.82, 2.24) is 34.5 Å². The molecule has 37 heavy (non-hydrogen) atoms. The van der Waals surface area contributed by atoms with E-state index in [0.29, 0.717) is 28.6 Å². The number of aliphatic hydroxyl groups excluding tert-OH is 1.